The van der Waals surface area contributed by atoms with E-state index in [0.29, 0.717) is 0 Å². The largest absolute Gasteiger partial charge is 0 e. The van der Waals surface area contributed by atoms with Gasteiger partial charge in [-0.3, -0.25) is 0 Å². The molecule has 4 nitrogen and oxygen atoms in total. The Morgan fingerprint density at radius 3 is 1.14 bits per heavy atom. The predicted molar refractivity (Wildman–Crippen MR) is 22.8 cm³/mol. The molecule has 7 heavy (non-hydrogen) atoms. The maximum absolute atomic E-state index is 8.88. The summed E-state index contributed by atoms with van der Waals surface area (Å²) in [6.45, 7) is 0. The molecular weight excluding hydrogens is 274 g/mol. The Labute approximate surface area is 98.5 Å². The summed E-state index contributed by atoms with van der Waals surface area (Å²) in [5.74, 6) is 0. The van der Waals surface area contributed by atoms with Crippen LogP contribution in [0.1, 0.15) is 0 Å². The molecule has 0 aromatic heterocycles. The van der Waals surface area contributed by atoms with Crippen molar-refractivity contribution in [3.8, 4) is 0 Å². The van der Waals surface area contributed by atoms with E-state index in [9.17, 15) is 0 Å². The van der Waals surface area contributed by atoms with Crippen molar-refractivity contribution in [1.29, 1.82) is 0 Å². The van der Waals surface area contributed by atoms with E-state index in [0.717, 1.165) is 0 Å². The molecule has 7 heteroatoms. The first-order valence-electron chi connectivity index (χ1n) is 0.783. The smallest absolute Gasteiger partial charge is 0 e. The minimum absolute atomic E-state index is 0. The molecule has 0 saturated heterocycles. The van der Waals surface area contributed by atoms with Crippen LogP contribution < -0.4 is 0 Å². The van der Waals surface area contributed by atoms with Gasteiger partial charge in [-0.05, 0) is 0 Å². The third-order valence-electron chi connectivity index (χ3n) is 0. The monoisotopic (exact) mass is 279 g/mol. The van der Waals surface area contributed by atoms with Gasteiger partial charge in [-0.2, -0.15) is 0 Å². The quantitative estimate of drug-likeness (QED) is 0.359. The van der Waals surface area contributed by atoms with Gasteiger partial charge in [0.2, 0.25) is 0 Å². The van der Waals surface area contributed by atoms with Crippen LogP contribution in [-0.2, 0) is 4.57 Å². The predicted octanol–water partition coefficient (Wildman–Crippen LogP) is -1.84. The minimum atomic E-state index is -4.64. The van der Waals surface area contributed by atoms with Gasteiger partial charge in [0.25, 0.3) is 0 Å². The van der Waals surface area contributed by atoms with Crippen molar-refractivity contribution in [3.63, 3.8) is 0 Å². The zero-order chi connectivity index (χ0) is 4.50. The van der Waals surface area contributed by atoms with Crippen molar-refractivity contribution in [1.82, 2.24) is 0 Å². The minimum Gasteiger partial charge on any atom is 0 e. The van der Waals surface area contributed by atoms with Crippen LogP contribution in [-0.4, -0.2) is 52.4 Å². The maximum Gasteiger partial charge on any atom is 0 e. The van der Waals surface area contributed by atoms with Crippen LogP contribution in [0, 0.1) is 35.6 Å². The molecule has 0 aliphatic heterocycles. The summed E-state index contributed by atoms with van der Waals surface area (Å²) >= 11 is 0. The standard InChI is InChI=1S/Ca.La.H3O4P.2H/c;;1-5(2,3)4;;/h;;(H3,1,2,3,4);;. The van der Waals surface area contributed by atoms with E-state index in [1.54, 1.807) is 0 Å². The van der Waals surface area contributed by atoms with Gasteiger partial charge in [0, 0.05) is 35.6 Å². The van der Waals surface area contributed by atoms with Gasteiger partial charge in [-0.25, -0.2) is 4.57 Å². The zero-order valence-corrected chi connectivity index (χ0v) is 7.29. The molecule has 3 N–H and O–H groups in total. The second-order valence-corrected chi connectivity index (χ2v) is 1.54. The Bertz CT molecular complexity index is 57.8. The molecular formula is H5CaLaO4P. The molecule has 0 aliphatic carbocycles. The summed E-state index contributed by atoms with van der Waals surface area (Å²) in [5.41, 5.74) is 0. The average molecular weight is 279 g/mol. The summed E-state index contributed by atoms with van der Waals surface area (Å²) in [6.07, 6.45) is 0. The van der Waals surface area contributed by atoms with Crippen LogP contribution in [0.2, 0.25) is 0 Å². The fourth-order valence-corrected chi connectivity index (χ4v) is 0. The van der Waals surface area contributed by atoms with Gasteiger partial charge in [0.1, 0.15) is 0 Å². The number of phosphoric acid groups is 1. The molecule has 0 aliphatic rings. The van der Waals surface area contributed by atoms with Crippen molar-refractivity contribution in [2.45, 2.75) is 0 Å². The van der Waals surface area contributed by atoms with E-state index in [-0.39, 0.29) is 73.3 Å². The Balaban J connectivity index is -0.0000000800. The number of rotatable bonds is 0. The van der Waals surface area contributed by atoms with Crippen molar-refractivity contribution >= 4 is 45.6 Å². The van der Waals surface area contributed by atoms with Gasteiger partial charge in [0.05, 0.1) is 0 Å². The van der Waals surface area contributed by atoms with Gasteiger partial charge in [-0.1, -0.05) is 0 Å². The number of hydrogen-bond donors (Lipinski definition) is 3. The van der Waals surface area contributed by atoms with E-state index >= 15 is 0 Å². The molecule has 0 aromatic rings. The van der Waals surface area contributed by atoms with Gasteiger partial charge in [0.15, 0.2) is 0 Å². The van der Waals surface area contributed by atoms with Crippen LogP contribution in [0.4, 0.5) is 0 Å². The van der Waals surface area contributed by atoms with Gasteiger partial charge in [-0.15, -0.1) is 0 Å². The Morgan fingerprint density at radius 2 is 1.14 bits per heavy atom. The van der Waals surface area contributed by atoms with E-state index in [1.165, 1.54) is 0 Å². The molecule has 0 bridgehead atoms. The van der Waals surface area contributed by atoms with Crippen LogP contribution in [0.5, 0.6) is 0 Å². The Hall–Kier alpha value is 2.56. The summed E-state index contributed by atoms with van der Waals surface area (Å²) in [7, 11) is -4.64. The fourth-order valence-electron chi connectivity index (χ4n) is 0. The summed E-state index contributed by atoms with van der Waals surface area (Å²) in [6, 6.07) is 0. The molecule has 1 radical (unpaired) electrons. The average Bonchev–Trinajstić information content (AvgIpc) is 0.722. The van der Waals surface area contributed by atoms with E-state index < -0.39 is 7.82 Å². The summed E-state index contributed by atoms with van der Waals surface area (Å²) in [4.78, 5) is 21.6. The zero-order valence-electron chi connectivity index (χ0n) is 2.77. The fraction of sp³-hybridized carbons (Fsp3) is 0. The molecule has 0 saturated carbocycles. The van der Waals surface area contributed by atoms with Gasteiger partial charge < -0.3 is 14.7 Å². The normalized spacial score (nSPS) is 8.43. The first kappa shape index (κ1) is 16.3. The van der Waals surface area contributed by atoms with E-state index in [2.05, 4.69) is 0 Å². The van der Waals surface area contributed by atoms with Crippen LogP contribution >= 0.6 is 7.82 Å². The molecule has 0 rings (SSSR count). The molecule has 0 spiro atoms. The van der Waals surface area contributed by atoms with Crippen molar-refractivity contribution in [2.24, 2.45) is 0 Å². The van der Waals surface area contributed by atoms with Crippen molar-refractivity contribution in [3.05, 3.63) is 0 Å². The summed E-state index contributed by atoms with van der Waals surface area (Å²) < 4.78 is 8.88. The third kappa shape index (κ3) is 56.1. The molecule has 0 unspecified atom stereocenters. The molecule has 39 valence electrons. The first-order chi connectivity index (χ1) is 2.00. The second kappa shape index (κ2) is 6.68. The molecule has 0 heterocycles. The Morgan fingerprint density at radius 1 is 1.14 bits per heavy atom. The second-order valence-electron chi connectivity index (χ2n) is 0.513. The third-order valence-corrected chi connectivity index (χ3v) is 0. The van der Waals surface area contributed by atoms with E-state index in [1.807, 2.05) is 0 Å². The summed E-state index contributed by atoms with van der Waals surface area (Å²) in [5, 5.41) is 0. The molecule has 0 amide bonds. The molecule has 0 aromatic carbocycles. The van der Waals surface area contributed by atoms with Crippen molar-refractivity contribution < 1.29 is 54.8 Å². The Kier molecular flexibility index (Phi) is 15.5. The maximum atomic E-state index is 8.88. The number of hydrogen-bond acceptors (Lipinski definition) is 1. The topological polar surface area (TPSA) is 77.8 Å². The molecule has 0 atom stereocenters. The van der Waals surface area contributed by atoms with Crippen molar-refractivity contribution in [2.75, 3.05) is 0 Å². The van der Waals surface area contributed by atoms with E-state index in [4.69, 9.17) is 19.2 Å². The SMILES string of the molecule is O=P(O)(O)O.[CaH2].[La]. The van der Waals surface area contributed by atoms with Crippen LogP contribution in [0.3, 0.4) is 0 Å². The van der Waals surface area contributed by atoms with Crippen LogP contribution in [0.25, 0.3) is 0 Å². The van der Waals surface area contributed by atoms with Crippen LogP contribution in [0.15, 0.2) is 0 Å². The first-order valence-corrected chi connectivity index (χ1v) is 2.35. The van der Waals surface area contributed by atoms with Gasteiger partial charge >= 0.3 is 45.6 Å². The molecule has 0 fully saturated rings.